The number of nitrogens with one attached hydrogen (secondary N) is 1. The second-order valence-electron chi connectivity index (χ2n) is 6.38. The van der Waals surface area contributed by atoms with Crippen molar-refractivity contribution in [2.45, 2.75) is 11.3 Å². The summed E-state index contributed by atoms with van der Waals surface area (Å²) in [5.74, 6) is 0.546. The number of carbonyl (C=O) groups is 1. The Labute approximate surface area is 172 Å². The molecule has 7 heteroatoms. The van der Waals surface area contributed by atoms with E-state index in [1.807, 2.05) is 60.9 Å². The lowest BCUT2D eigenvalue weighted by molar-refractivity contribution is 0.102. The van der Waals surface area contributed by atoms with Gasteiger partial charge in [-0.1, -0.05) is 41.5 Å². The summed E-state index contributed by atoms with van der Waals surface area (Å²) in [4.78, 5) is 13.9. The predicted octanol–water partition coefficient (Wildman–Crippen LogP) is 4.80. The number of benzene rings is 3. The fraction of sp³-hybridized carbons (Fsp3) is 0.136. The topological polar surface area (TPSA) is 77.2 Å². The Hall–Kier alpha value is -3.32. The van der Waals surface area contributed by atoms with Gasteiger partial charge in [0.05, 0.1) is 19.1 Å². The number of aromatic nitrogens is 2. The molecule has 0 fully saturated rings. The minimum absolute atomic E-state index is 0.0564. The Kier molecular flexibility index (Phi) is 5.48. The van der Waals surface area contributed by atoms with E-state index in [2.05, 4.69) is 15.5 Å². The monoisotopic (exact) mass is 405 g/mol. The molecule has 0 unspecified atom stereocenters. The number of hydrogen-bond acceptors (Lipinski definition) is 6. The summed E-state index contributed by atoms with van der Waals surface area (Å²) in [6.07, 6.45) is 2.53. The molecule has 0 atom stereocenters. The molecule has 4 rings (SSSR count). The van der Waals surface area contributed by atoms with Crippen molar-refractivity contribution in [1.82, 2.24) is 10.2 Å². The van der Waals surface area contributed by atoms with Crippen LogP contribution in [0.15, 0.2) is 70.0 Å². The number of anilines is 1. The fourth-order valence-electron chi connectivity index (χ4n) is 3.02. The third-order valence-electron chi connectivity index (χ3n) is 4.51. The van der Waals surface area contributed by atoms with E-state index in [0.29, 0.717) is 23.6 Å². The van der Waals surface area contributed by atoms with Gasteiger partial charge >= 0.3 is 6.01 Å². The molecule has 1 amide bonds. The number of methoxy groups -OCH3 is 1. The first kappa shape index (κ1) is 19.0. The van der Waals surface area contributed by atoms with Crippen LogP contribution in [0, 0.1) is 0 Å². The van der Waals surface area contributed by atoms with Crippen LogP contribution in [-0.4, -0.2) is 29.5 Å². The van der Waals surface area contributed by atoms with E-state index in [0.717, 1.165) is 16.3 Å². The van der Waals surface area contributed by atoms with Gasteiger partial charge in [-0.3, -0.25) is 10.1 Å². The molecular formula is C22H19N3O3S. The molecule has 0 saturated heterocycles. The molecule has 6 nitrogen and oxygen atoms in total. The minimum Gasteiger partial charge on any atom is -0.496 e. The number of thioether (sulfide) groups is 1. The van der Waals surface area contributed by atoms with Crippen molar-refractivity contribution in [3.8, 4) is 5.75 Å². The number of nitrogens with zero attached hydrogens (tertiary/aromatic N) is 2. The Morgan fingerprint density at radius 3 is 2.48 bits per heavy atom. The number of hydrogen-bond donors (Lipinski definition) is 1. The van der Waals surface area contributed by atoms with Crippen LogP contribution in [0.25, 0.3) is 10.8 Å². The average Bonchev–Trinajstić information content (AvgIpc) is 3.19. The molecule has 0 aliphatic heterocycles. The summed E-state index contributed by atoms with van der Waals surface area (Å²) in [5.41, 5.74) is 1.46. The second-order valence-corrected chi connectivity index (χ2v) is 7.26. The summed E-state index contributed by atoms with van der Waals surface area (Å²) < 4.78 is 11.0. The maximum absolute atomic E-state index is 12.8. The van der Waals surface area contributed by atoms with Gasteiger partial charge in [-0.05, 0) is 46.9 Å². The van der Waals surface area contributed by atoms with Crippen LogP contribution in [0.2, 0.25) is 0 Å². The molecule has 0 aliphatic carbocycles. The highest BCUT2D eigenvalue weighted by Crippen LogP contribution is 2.27. The lowest BCUT2D eigenvalue weighted by atomic mass is 10.1. The van der Waals surface area contributed by atoms with Gasteiger partial charge < -0.3 is 9.15 Å². The van der Waals surface area contributed by atoms with E-state index in [4.69, 9.17) is 9.15 Å². The van der Waals surface area contributed by atoms with Gasteiger partial charge in [0.1, 0.15) is 5.75 Å². The summed E-state index contributed by atoms with van der Waals surface area (Å²) in [6.45, 7) is 0. The number of carbonyl (C=O) groups excluding carboxylic acids is 1. The third kappa shape index (κ3) is 4.25. The standard InChI is InChI=1S/C22H19N3O3S/c1-27-19-13-16-6-4-3-5-15(16)12-18(19)21(26)23-22-25-24-20(28-22)11-14-7-9-17(29-2)10-8-14/h3-10,12-13H,11H2,1-2H3,(H,23,25,26). The van der Waals surface area contributed by atoms with Gasteiger partial charge in [0.15, 0.2) is 0 Å². The minimum atomic E-state index is -0.368. The molecule has 3 aromatic carbocycles. The van der Waals surface area contributed by atoms with Crippen LogP contribution in [-0.2, 0) is 6.42 Å². The van der Waals surface area contributed by atoms with E-state index in [1.165, 1.54) is 12.0 Å². The average molecular weight is 405 g/mol. The fourth-order valence-corrected chi connectivity index (χ4v) is 3.43. The highest BCUT2D eigenvalue weighted by molar-refractivity contribution is 7.98. The lowest BCUT2D eigenvalue weighted by Crippen LogP contribution is -2.13. The van der Waals surface area contributed by atoms with Gasteiger partial charge in [0.25, 0.3) is 5.91 Å². The third-order valence-corrected chi connectivity index (χ3v) is 5.26. The summed E-state index contributed by atoms with van der Waals surface area (Å²) in [5, 5.41) is 12.6. The lowest BCUT2D eigenvalue weighted by Gasteiger charge is -2.09. The van der Waals surface area contributed by atoms with E-state index >= 15 is 0 Å². The molecular weight excluding hydrogens is 386 g/mol. The van der Waals surface area contributed by atoms with Gasteiger partial charge in [0, 0.05) is 4.90 Å². The van der Waals surface area contributed by atoms with E-state index in [-0.39, 0.29) is 11.9 Å². The summed E-state index contributed by atoms with van der Waals surface area (Å²) >= 11 is 1.69. The molecule has 0 aliphatic rings. The van der Waals surface area contributed by atoms with Crippen LogP contribution in [0.3, 0.4) is 0 Å². The van der Waals surface area contributed by atoms with E-state index < -0.39 is 0 Å². The van der Waals surface area contributed by atoms with Crippen molar-refractivity contribution in [3.63, 3.8) is 0 Å². The Bertz CT molecular complexity index is 1160. The first-order chi connectivity index (χ1) is 14.2. The largest absolute Gasteiger partial charge is 0.496 e. The van der Waals surface area contributed by atoms with Gasteiger partial charge in [-0.25, -0.2) is 0 Å². The van der Waals surface area contributed by atoms with Crippen molar-refractivity contribution in [3.05, 3.63) is 77.7 Å². The van der Waals surface area contributed by atoms with Crippen molar-refractivity contribution in [1.29, 1.82) is 0 Å². The molecule has 146 valence electrons. The molecule has 1 heterocycles. The smallest absolute Gasteiger partial charge is 0.322 e. The van der Waals surface area contributed by atoms with Gasteiger partial charge in [-0.2, -0.15) is 0 Å². The maximum atomic E-state index is 12.8. The van der Waals surface area contributed by atoms with Crippen LogP contribution in [0.1, 0.15) is 21.8 Å². The van der Waals surface area contributed by atoms with Gasteiger partial charge in [0.2, 0.25) is 5.89 Å². The highest BCUT2D eigenvalue weighted by atomic mass is 32.2. The van der Waals surface area contributed by atoms with Gasteiger partial charge in [-0.15, -0.1) is 16.9 Å². The molecule has 0 spiro atoms. The SMILES string of the molecule is COc1cc2ccccc2cc1C(=O)Nc1nnc(Cc2ccc(SC)cc2)o1. The predicted molar refractivity (Wildman–Crippen MR) is 114 cm³/mol. The van der Waals surface area contributed by atoms with Crippen LogP contribution >= 0.6 is 11.8 Å². The van der Waals surface area contributed by atoms with Crippen molar-refractivity contribution < 1.29 is 13.9 Å². The molecule has 29 heavy (non-hydrogen) atoms. The number of ether oxygens (including phenoxy) is 1. The maximum Gasteiger partial charge on any atom is 0.322 e. The zero-order valence-electron chi connectivity index (χ0n) is 16.0. The second kappa shape index (κ2) is 8.36. The van der Waals surface area contributed by atoms with E-state index in [9.17, 15) is 4.79 Å². The first-order valence-electron chi connectivity index (χ1n) is 8.99. The quantitative estimate of drug-likeness (QED) is 0.465. The molecule has 0 saturated carbocycles. The number of amides is 1. The zero-order valence-corrected chi connectivity index (χ0v) is 16.8. The van der Waals surface area contributed by atoms with Crippen LogP contribution < -0.4 is 10.1 Å². The van der Waals surface area contributed by atoms with E-state index in [1.54, 1.807) is 17.8 Å². The highest BCUT2D eigenvalue weighted by Gasteiger charge is 2.17. The number of rotatable bonds is 6. The van der Waals surface area contributed by atoms with Crippen molar-refractivity contribution >= 4 is 34.5 Å². The molecule has 1 aromatic heterocycles. The van der Waals surface area contributed by atoms with Crippen molar-refractivity contribution in [2.75, 3.05) is 18.7 Å². The molecule has 1 N–H and O–H groups in total. The molecule has 0 bridgehead atoms. The Balaban J connectivity index is 1.51. The normalized spacial score (nSPS) is 10.8. The van der Waals surface area contributed by atoms with Crippen LogP contribution in [0.5, 0.6) is 5.75 Å². The molecule has 4 aromatic rings. The molecule has 0 radical (unpaired) electrons. The summed E-state index contributed by atoms with van der Waals surface area (Å²) in [7, 11) is 1.54. The zero-order chi connectivity index (χ0) is 20.2. The Morgan fingerprint density at radius 1 is 1.07 bits per heavy atom. The first-order valence-corrected chi connectivity index (χ1v) is 10.2. The Morgan fingerprint density at radius 2 is 1.79 bits per heavy atom. The number of fused-ring (bicyclic) bond motifs is 1. The van der Waals surface area contributed by atoms with Crippen molar-refractivity contribution in [2.24, 2.45) is 0 Å². The van der Waals surface area contributed by atoms with Crippen LogP contribution in [0.4, 0.5) is 6.01 Å². The summed E-state index contributed by atoms with van der Waals surface area (Å²) in [6, 6.07) is 19.6.